The molecule has 286 valence electrons. The van der Waals surface area contributed by atoms with Crippen molar-refractivity contribution in [1.82, 2.24) is 10.3 Å². The molecule has 6 rings (SSSR count). The van der Waals surface area contributed by atoms with Crippen LogP contribution in [0.5, 0.6) is 23.0 Å². The van der Waals surface area contributed by atoms with E-state index in [-0.39, 0.29) is 43.2 Å². The van der Waals surface area contributed by atoms with E-state index in [2.05, 4.69) is 15.2 Å². The normalized spacial score (nSPS) is 11.6. The van der Waals surface area contributed by atoms with Gasteiger partial charge in [0, 0.05) is 24.0 Å². The van der Waals surface area contributed by atoms with Crippen molar-refractivity contribution in [3.8, 4) is 23.0 Å². The van der Waals surface area contributed by atoms with E-state index in [9.17, 15) is 9.59 Å². The predicted molar refractivity (Wildman–Crippen MR) is 199 cm³/mol. The molecule has 0 aliphatic carbocycles. The Morgan fingerprint density at radius 2 is 1.02 bits per heavy atom. The number of hydrogen-bond donors (Lipinski definition) is 1. The monoisotopic (exact) mass is 750 g/mol. The van der Waals surface area contributed by atoms with E-state index in [1.807, 2.05) is 72.8 Å². The summed E-state index contributed by atoms with van der Waals surface area (Å²) in [6.45, 7) is 2.72. The Bertz CT molecular complexity index is 2000. The second-order valence-electron chi connectivity index (χ2n) is 12.0. The number of methoxy groups -OCH3 is 2. The topological polar surface area (TPSA) is 162 Å². The Hall–Kier alpha value is -6.60. The van der Waals surface area contributed by atoms with Crippen molar-refractivity contribution in [2.45, 2.75) is 44.8 Å². The highest BCUT2D eigenvalue weighted by molar-refractivity contribution is 5.72. The maximum absolute atomic E-state index is 12.7. The first-order valence-corrected chi connectivity index (χ1v) is 17.4. The molecule has 1 N–H and O–H groups in total. The molecular formula is C42H42N2O11. The maximum Gasteiger partial charge on any atom is 0.307 e. The first kappa shape index (κ1) is 39.6. The second-order valence-corrected chi connectivity index (χ2v) is 12.0. The van der Waals surface area contributed by atoms with Crippen LogP contribution >= 0.6 is 0 Å². The summed E-state index contributed by atoms with van der Waals surface area (Å²) in [6.07, 6.45) is 3.25. The highest BCUT2D eigenvalue weighted by Crippen LogP contribution is 2.30. The molecule has 6 aromatic rings. The molecule has 0 fully saturated rings. The number of ether oxygens (including phenoxy) is 5. The van der Waals surface area contributed by atoms with Crippen LogP contribution < -0.4 is 19.1 Å². The third-order valence-corrected chi connectivity index (χ3v) is 8.47. The third kappa shape index (κ3) is 12.0. The zero-order valence-electron chi connectivity index (χ0n) is 30.7. The van der Waals surface area contributed by atoms with Gasteiger partial charge in [-0.15, -0.1) is 0 Å². The average Bonchev–Trinajstić information content (AvgIpc) is 3.98. The number of hydrogen-bond acceptors (Lipinski definition) is 13. The lowest BCUT2D eigenvalue weighted by Crippen LogP contribution is -2.12. The first-order chi connectivity index (χ1) is 26.9. The Morgan fingerprint density at radius 1 is 0.582 bits per heavy atom. The number of rotatable bonds is 17. The summed E-state index contributed by atoms with van der Waals surface area (Å²) in [5.74, 6) is 1.42. The fraction of sp³-hybridized carbons (Fsp3) is 0.238. The van der Waals surface area contributed by atoms with Crippen LogP contribution in [-0.2, 0) is 32.3 Å². The summed E-state index contributed by atoms with van der Waals surface area (Å²) >= 11 is 0. The smallest absolute Gasteiger partial charge is 0.307 e. The molecule has 0 aliphatic heterocycles. The molecule has 13 nitrogen and oxygen atoms in total. The van der Waals surface area contributed by atoms with Crippen LogP contribution in [0.15, 0.2) is 131 Å². The van der Waals surface area contributed by atoms with Crippen molar-refractivity contribution >= 4 is 11.9 Å². The van der Waals surface area contributed by atoms with Gasteiger partial charge < -0.3 is 37.6 Å². The van der Waals surface area contributed by atoms with E-state index < -0.39 is 0 Å². The van der Waals surface area contributed by atoms with Crippen molar-refractivity contribution in [3.63, 3.8) is 0 Å². The van der Waals surface area contributed by atoms with Gasteiger partial charge in [-0.2, -0.15) is 0 Å². The van der Waals surface area contributed by atoms with Gasteiger partial charge in [0.2, 0.25) is 0 Å². The number of esters is 2. The highest BCUT2D eigenvalue weighted by atomic mass is 17.1. The van der Waals surface area contributed by atoms with Crippen molar-refractivity contribution in [2.24, 2.45) is 0 Å². The fourth-order valence-electron chi connectivity index (χ4n) is 5.53. The molecule has 55 heavy (non-hydrogen) atoms. The Morgan fingerprint density at radius 3 is 1.44 bits per heavy atom. The summed E-state index contributed by atoms with van der Waals surface area (Å²) in [4.78, 5) is 28.5. The predicted octanol–water partition coefficient (Wildman–Crippen LogP) is 8.15. The Kier molecular flexibility index (Phi) is 14.8. The number of aromatic nitrogens is 2. The third-order valence-electron chi connectivity index (χ3n) is 8.47. The summed E-state index contributed by atoms with van der Waals surface area (Å²) in [7, 11) is 3.25. The van der Waals surface area contributed by atoms with Crippen LogP contribution in [0.25, 0.3) is 0 Å². The minimum atomic E-state index is -0.325. The van der Waals surface area contributed by atoms with Crippen LogP contribution in [0.2, 0.25) is 0 Å². The molecule has 0 spiro atoms. The van der Waals surface area contributed by atoms with Gasteiger partial charge in [0.1, 0.15) is 43.0 Å². The van der Waals surface area contributed by atoms with Crippen LogP contribution in [0, 0.1) is 0 Å². The van der Waals surface area contributed by atoms with Crippen molar-refractivity contribution in [3.05, 3.63) is 155 Å². The van der Waals surface area contributed by atoms with Crippen LogP contribution in [0.4, 0.5) is 0 Å². The SMILES string of the molecule is CCOC(=O)CC(c1ccc(OO)cc1)c1ccon1.COc1ccc(COC(=O)CC(c2ccc(OCc3ccc(OC)cc3)cc2)c2ccon2)cc1. The molecule has 0 bridgehead atoms. The molecule has 2 aromatic heterocycles. The van der Waals surface area contributed by atoms with Gasteiger partial charge in [0.05, 0.1) is 45.1 Å². The second kappa shape index (κ2) is 20.6. The molecule has 0 radical (unpaired) electrons. The molecule has 0 amide bonds. The van der Waals surface area contributed by atoms with Gasteiger partial charge >= 0.3 is 11.9 Å². The molecule has 2 atom stereocenters. The number of benzene rings is 4. The number of carbonyl (C=O) groups excluding carboxylic acids is 2. The zero-order valence-corrected chi connectivity index (χ0v) is 30.7. The maximum atomic E-state index is 12.7. The summed E-state index contributed by atoms with van der Waals surface area (Å²) in [6, 6.07) is 32.9. The molecule has 13 heteroatoms. The average molecular weight is 751 g/mol. The van der Waals surface area contributed by atoms with Crippen LogP contribution in [0.1, 0.15) is 65.2 Å². The van der Waals surface area contributed by atoms with E-state index in [1.165, 1.54) is 12.5 Å². The molecule has 0 saturated carbocycles. The zero-order chi connectivity index (χ0) is 38.8. The van der Waals surface area contributed by atoms with Gasteiger partial charge in [-0.25, -0.2) is 5.26 Å². The van der Waals surface area contributed by atoms with Crippen molar-refractivity contribution in [2.75, 3.05) is 20.8 Å². The minimum Gasteiger partial charge on any atom is -0.497 e. The van der Waals surface area contributed by atoms with E-state index in [1.54, 1.807) is 57.5 Å². The minimum absolute atomic E-state index is 0.134. The molecule has 4 aromatic carbocycles. The summed E-state index contributed by atoms with van der Waals surface area (Å²) in [5.41, 5.74) is 5.00. The first-order valence-electron chi connectivity index (χ1n) is 17.4. The number of carbonyl (C=O) groups is 2. The van der Waals surface area contributed by atoms with Gasteiger partial charge in [0.25, 0.3) is 0 Å². The van der Waals surface area contributed by atoms with Gasteiger partial charge in [-0.3, -0.25) is 9.59 Å². The van der Waals surface area contributed by atoms with Gasteiger partial charge in [-0.1, -0.05) is 58.8 Å². The molecule has 0 saturated heterocycles. The fourth-order valence-corrected chi connectivity index (χ4v) is 5.53. The largest absolute Gasteiger partial charge is 0.497 e. The van der Waals surface area contributed by atoms with Crippen molar-refractivity contribution < 1.29 is 52.5 Å². The molecular weight excluding hydrogens is 708 g/mol. The van der Waals surface area contributed by atoms with E-state index in [4.69, 9.17) is 38.0 Å². The highest BCUT2D eigenvalue weighted by Gasteiger charge is 2.23. The van der Waals surface area contributed by atoms with Crippen LogP contribution in [-0.4, -0.2) is 48.3 Å². The standard InChI is InChI=1S/C28H27NO6.C14H15NO5/c1-31-23-9-3-20(4-10-23)18-33-25-13-7-22(8-14-25)26(27-15-16-35-29-27)17-28(30)34-19-21-5-11-24(32-2)12-6-21;1-2-18-14(16)9-12(13-7-8-19-15-13)10-3-5-11(20-17)6-4-10/h3-16,26H,17-19H2,1-2H3;3-8,12,17H,2,9H2,1H3. The lowest BCUT2D eigenvalue weighted by molar-refractivity contribution is -0.145. The lowest BCUT2D eigenvalue weighted by atomic mass is 9.92. The van der Waals surface area contributed by atoms with Crippen LogP contribution in [0.3, 0.4) is 0 Å². The summed E-state index contributed by atoms with van der Waals surface area (Å²) in [5, 5.41) is 16.5. The van der Waals surface area contributed by atoms with Gasteiger partial charge in [-0.05, 0) is 77.7 Å². The molecule has 0 aliphatic rings. The number of nitrogens with zero attached hydrogens (tertiary/aromatic N) is 2. The Balaban J connectivity index is 0.000000246. The Labute approximate surface area is 318 Å². The molecule has 2 unspecified atom stereocenters. The van der Waals surface area contributed by atoms with E-state index in [0.717, 1.165) is 39.5 Å². The van der Waals surface area contributed by atoms with Gasteiger partial charge in [0.15, 0.2) is 5.75 Å². The van der Waals surface area contributed by atoms with Crippen molar-refractivity contribution in [1.29, 1.82) is 0 Å². The lowest BCUT2D eigenvalue weighted by Gasteiger charge is -2.15. The molecule has 2 heterocycles. The van der Waals surface area contributed by atoms with E-state index >= 15 is 0 Å². The quantitative estimate of drug-likeness (QED) is 0.0541. The summed E-state index contributed by atoms with van der Waals surface area (Å²) < 4.78 is 36.6. The van der Waals surface area contributed by atoms with E-state index in [0.29, 0.717) is 30.4 Å².